The summed E-state index contributed by atoms with van der Waals surface area (Å²) < 4.78 is 55.0. The number of benzene rings is 1. The van der Waals surface area contributed by atoms with Crippen LogP contribution in [-0.2, 0) is 29.7 Å². The fraction of sp³-hybridized carbons (Fsp3) is 0.250. The van der Waals surface area contributed by atoms with E-state index < -0.39 is 30.1 Å². The van der Waals surface area contributed by atoms with Gasteiger partial charge in [-0.2, -0.15) is 13.2 Å². The van der Waals surface area contributed by atoms with Crippen molar-refractivity contribution < 1.29 is 27.5 Å². The first-order chi connectivity index (χ1) is 16.6. The molecule has 0 aliphatic carbocycles. The van der Waals surface area contributed by atoms with E-state index >= 15 is 0 Å². The van der Waals surface area contributed by atoms with Gasteiger partial charge in [-0.3, -0.25) is 9.78 Å². The van der Waals surface area contributed by atoms with Crippen LogP contribution in [0.1, 0.15) is 29.3 Å². The van der Waals surface area contributed by atoms with Crippen LogP contribution in [0.5, 0.6) is 0 Å². The summed E-state index contributed by atoms with van der Waals surface area (Å²) in [5, 5.41) is 9.38. The Bertz CT molecular complexity index is 1420. The van der Waals surface area contributed by atoms with Gasteiger partial charge in [-0.15, -0.1) is 0 Å². The van der Waals surface area contributed by atoms with Gasteiger partial charge in [0.2, 0.25) is 0 Å². The lowest BCUT2D eigenvalue weighted by Crippen LogP contribution is -2.08. The maximum atomic E-state index is 13.9. The Morgan fingerprint density at radius 1 is 1.14 bits per heavy atom. The molecule has 0 atom stereocenters. The van der Waals surface area contributed by atoms with Gasteiger partial charge in [0.05, 0.1) is 18.1 Å². The SMILES string of the molecule is CCn1cc(-c2cnc(C(F)(F)F)cc2C)c2nc(SCc3ccc(F)c(CC(=O)O)c3)ncc21. The van der Waals surface area contributed by atoms with Gasteiger partial charge in [-0.1, -0.05) is 23.9 Å². The number of aromatic nitrogens is 4. The number of hydrogen-bond acceptors (Lipinski definition) is 5. The molecule has 1 N–H and O–H groups in total. The Hall–Kier alpha value is -3.47. The van der Waals surface area contributed by atoms with Crippen molar-refractivity contribution in [1.82, 2.24) is 19.5 Å². The van der Waals surface area contributed by atoms with E-state index in [9.17, 15) is 22.4 Å². The minimum absolute atomic E-state index is 0.0968. The molecule has 182 valence electrons. The molecule has 0 spiro atoms. The molecule has 0 bridgehead atoms. The predicted molar refractivity (Wildman–Crippen MR) is 123 cm³/mol. The van der Waals surface area contributed by atoms with Crippen LogP contribution < -0.4 is 0 Å². The highest BCUT2D eigenvalue weighted by Crippen LogP contribution is 2.35. The minimum Gasteiger partial charge on any atom is -0.481 e. The van der Waals surface area contributed by atoms with Gasteiger partial charge < -0.3 is 9.67 Å². The smallest absolute Gasteiger partial charge is 0.433 e. The molecule has 0 aliphatic rings. The van der Waals surface area contributed by atoms with Gasteiger partial charge in [0.25, 0.3) is 0 Å². The number of pyridine rings is 1. The first-order valence-corrected chi connectivity index (χ1v) is 11.6. The van der Waals surface area contributed by atoms with Crippen molar-refractivity contribution in [1.29, 1.82) is 0 Å². The van der Waals surface area contributed by atoms with Crippen LogP contribution in [0.15, 0.2) is 48.0 Å². The lowest BCUT2D eigenvalue weighted by atomic mass is 10.0. The number of fused-ring (bicyclic) bond motifs is 1. The second-order valence-corrected chi connectivity index (χ2v) is 8.82. The van der Waals surface area contributed by atoms with Crippen LogP contribution >= 0.6 is 11.8 Å². The average Bonchev–Trinajstić information content (AvgIpc) is 3.16. The van der Waals surface area contributed by atoms with Crippen LogP contribution in [0.25, 0.3) is 22.2 Å². The van der Waals surface area contributed by atoms with Gasteiger partial charge in [0.15, 0.2) is 5.16 Å². The number of thioether (sulfide) groups is 1. The molecular weight excluding hydrogens is 484 g/mol. The van der Waals surface area contributed by atoms with Gasteiger partial charge >= 0.3 is 12.1 Å². The summed E-state index contributed by atoms with van der Waals surface area (Å²) >= 11 is 1.29. The molecule has 0 saturated heterocycles. The van der Waals surface area contributed by atoms with E-state index in [1.54, 1.807) is 19.2 Å². The average molecular weight is 505 g/mol. The Balaban J connectivity index is 1.67. The number of carbonyl (C=O) groups is 1. The number of alkyl halides is 3. The Morgan fingerprint density at radius 2 is 1.91 bits per heavy atom. The highest BCUT2D eigenvalue weighted by atomic mass is 32.2. The highest BCUT2D eigenvalue weighted by molar-refractivity contribution is 7.98. The molecule has 0 radical (unpaired) electrons. The summed E-state index contributed by atoms with van der Waals surface area (Å²) in [5.41, 5.74) is 2.79. The molecule has 6 nitrogen and oxygen atoms in total. The lowest BCUT2D eigenvalue weighted by Gasteiger charge is -2.09. The van der Waals surface area contributed by atoms with Crippen LogP contribution in [-0.4, -0.2) is 30.6 Å². The molecule has 35 heavy (non-hydrogen) atoms. The lowest BCUT2D eigenvalue weighted by molar-refractivity contribution is -0.141. The highest BCUT2D eigenvalue weighted by Gasteiger charge is 2.33. The normalized spacial score (nSPS) is 11.8. The zero-order chi connectivity index (χ0) is 25.3. The number of hydrogen-bond donors (Lipinski definition) is 1. The zero-order valence-corrected chi connectivity index (χ0v) is 19.5. The summed E-state index contributed by atoms with van der Waals surface area (Å²) in [4.78, 5) is 23.6. The molecule has 0 aliphatic heterocycles. The third kappa shape index (κ3) is 5.29. The van der Waals surface area contributed by atoms with Crippen LogP contribution in [0.4, 0.5) is 17.6 Å². The van der Waals surface area contributed by atoms with Gasteiger partial charge in [-0.05, 0) is 42.7 Å². The third-order valence-corrected chi connectivity index (χ3v) is 6.38. The molecule has 3 aromatic heterocycles. The largest absolute Gasteiger partial charge is 0.481 e. The Labute approximate surface area is 202 Å². The standard InChI is InChI=1S/C24H20F4N4O2S/c1-3-32-11-17(16-9-29-20(6-13(16)2)24(26,27)28)22-19(32)10-30-23(31-22)35-12-14-4-5-18(25)15(7-14)8-21(33)34/h4-7,9-11H,3,8,12H2,1-2H3,(H,33,34). The summed E-state index contributed by atoms with van der Waals surface area (Å²) in [6, 6.07) is 5.33. The van der Waals surface area contributed by atoms with Crippen molar-refractivity contribution >= 4 is 28.8 Å². The van der Waals surface area contributed by atoms with E-state index in [1.807, 2.05) is 17.7 Å². The van der Waals surface area contributed by atoms with Crippen molar-refractivity contribution in [3.63, 3.8) is 0 Å². The number of nitrogens with zero attached hydrogens (tertiary/aromatic N) is 4. The predicted octanol–water partition coefficient (Wildman–Crippen LogP) is 5.90. The van der Waals surface area contributed by atoms with Crippen molar-refractivity contribution in [3.8, 4) is 11.1 Å². The monoisotopic (exact) mass is 504 g/mol. The molecule has 4 rings (SSSR count). The Morgan fingerprint density at radius 3 is 2.57 bits per heavy atom. The molecule has 0 unspecified atom stereocenters. The minimum atomic E-state index is -4.53. The Kier molecular flexibility index (Phi) is 6.79. The molecule has 11 heteroatoms. The molecule has 0 saturated carbocycles. The summed E-state index contributed by atoms with van der Waals surface area (Å²) in [7, 11) is 0. The molecule has 1 aromatic carbocycles. The number of aliphatic carboxylic acids is 1. The van der Waals surface area contributed by atoms with Gasteiger partial charge in [0, 0.05) is 35.8 Å². The summed E-state index contributed by atoms with van der Waals surface area (Å²) in [6.07, 6.45) is -0.253. The topological polar surface area (TPSA) is 80.9 Å². The van der Waals surface area contributed by atoms with E-state index in [2.05, 4.69) is 15.0 Å². The van der Waals surface area contributed by atoms with Gasteiger partial charge in [-0.25, -0.2) is 14.4 Å². The van der Waals surface area contributed by atoms with Crippen LogP contribution in [0.3, 0.4) is 0 Å². The fourth-order valence-electron chi connectivity index (χ4n) is 3.74. The maximum absolute atomic E-state index is 13.9. The van der Waals surface area contributed by atoms with Crippen molar-refractivity contribution in [2.75, 3.05) is 0 Å². The summed E-state index contributed by atoms with van der Waals surface area (Å²) in [6.45, 7) is 4.15. The number of halogens is 4. The van der Waals surface area contributed by atoms with E-state index in [0.717, 1.165) is 11.6 Å². The molecule has 0 fully saturated rings. The number of aryl methyl sites for hydroxylation is 2. The van der Waals surface area contributed by atoms with E-state index in [1.165, 1.54) is 30.1 Å². The first-order valence-electron chi connectivity index (χ1n) is 10.6. The number of carboxylic acids is 1. The number of rotatable bonds is 7. The van der Waals surface area contributed by atoms with E-state index in [4.69, 9.17) is 5.11 Å². The van der Waals surface area contributed by atoms with Crippen molar-refractivity contribution in [3.05, 3.63) is 71.1 Å². The fourth-order valence-corrected chi connectivity index (χ4v) is 4.50. The second-order valence-electron chi connectivity index (χ2n) is 7.88. The van der Waals surface area contributed by atoms with Crippen molar-refractivity contribution in [2.24, 2.45) is 0 Å². The maximum Gasteiger partial charge on any atom is 0.433 e. The molecule has 4 aromatic rings. The van der Waals surface area contributed by atoms with Crippen LogP contribution in [0.2, 0.25) is 0 Å². The molecule has 3 heterocycles. The number of carboxylic acid groups (broad SMARTS) is 1. The van der Waals surface area contributed by atoms with Crippen molar-refractivity contribution in [2.45, 2.75) is 43.9 Å². The third-order valence-electron chi connectivity index (χ3n) is 5.45. The first kappa shape index (κ1) is 24.6. The van der Waals surface area contributed by atoms with E-state index in [0.29, 0.717) is 45.2 Å². The van der Waals surface area contributed by atoms with E-state index in [-0.39, 0.29) is 5.56 Å². The quantitative estimate of drug-likeness (QED) is 0.192. The molecular formula is C24H20F4N4O2S. The molecule has 0 amide bonds. The second kappa shape index (κ2) is 9.65. The van der Waals surface area contributed by atoms with Crippen LogP contribution in [0, 0.1) is 12.7 Å². The van der Waals surface area contributed by atoms with Gasteiger partial charge in [0.1, 0.15) is 17.0 Å². The summed E-state index contributed by atoms with van der Waals surface area (Å²) in [5.74, 6) is -1.32. The zero-order valence-electron chi connectivity index (χ0n) is 18.7.